The van der Waals surface area contributed by atoms with Crippen molar-refractivity contribution in [3.05, 3.63) is 79.7 Å². The fourth-order valence-corrected chi connectivity index (χ4v) is 2.95. The van der Waals surface area contributed by atoms with Crippen LogP contribution in [0, 0.1) is 21.4 Å². The fourth-order valence-electron chi connectivity index (χ4n) is 2.95. The van der Waals surface area contributed by atoms with Crippen LogP contribution in [0.5, 0.6) is 5.75 Å². The zero-order valence-corrected chi connectivity index (χ0v) is 13.0. The highest BCUT2D eigenvalue weighted by atomic mass is 16.6. The predicted molar refractivity (Wildman–Crippen MR) is 87.1 cm³/mol. The van der Waals surface area contributed by atoms with Crippen molar-refractivity contribution in [1.82, 2.24) is 0 Å². The highest BCUT2D eigenvalue weighted by Gasteiger charge is 2.38. The molecular formula is C17H9N3O6. The van der Waals surface area contributed by atoms with Crippen molar-refractivity contribution in [3.63, 3.8) is 0 Å². The number of hydrogen-bond donors (Lipinski definition) is 1. The minimum absolute atomic E-state index is 0.00121. The molecule has 0 aliphatic carbocycles. The molecule has 2 aromatic heterocycles. The van der Waals surface area contributed by atoms with Crippen LogP contribution in [-0.2, 0) is 0 Å². The molecule has 0 spiro atoms. The molecule has 0 fully saturated rings. The molecule has 1 aliphatic rings. The highest BCUT2D eigenvalue weighted by molar-refractivity contribution is 5.85. The fraction of sp³-hybridized carbons (Fsp3) is 0.0588. The summed E-state index contributed by atoms with van der Waals surface area (Å²) in [5, 5.41) is 20.8. The first-order chi connectivity index (χ1) is 12.5. The molecule has 0 saturated carbocycles. The topological polar surface area (TPSA) is 146 Å². The van der Waals surface area contributed by atoms with Gasteiger partial charge in [-0.25, -0.2) is 4.79 Å². The average Bonchev–Trinajstić information content (AvgIpc) is 3.11. The van der Waals surface area contributed by atoms with E-state index in [4.69, 9.17) is 19.3 Å². The minimum Gasteiger partial charge on any atom is -0.439 e. The summed E-state index contributed by atoms with van der Waals surface area (Å²) in [6.45, 7) is 0. The van der Waals surface area contributed by atoms with Crippen LogP contribution in [-0.4, -0.2) is 4.92 Å². The summed E-state index contributed by atoms with van der Waals surface area (Å²) >= 11 is 0. The smallest absolute Gasteiger partial charge is 0.433 e. The van der Waals surface area contributed by atoms with Crippen LogP contribution < -0.4 is 16.1 Å². The summed E-state index contributed by atoms with van der Waals surface area (Å²) < 4.78 is 16.1. The third-order valence-electron chi connectivity index (χ3n) is 4.05. The third kappa shape index (κ3) is 2.13. The van der Waals surface area contributed by atoms with Crippen LogP contribution in [0.1, 0.15) is 17.2 Å². The Hall–Kier alpha value is -4.06. The molecule has 0 amide bonds. The lowest BCUT2D eigenvalue weighted by Gasteiger charge is -2.24. The van der Waals surface area contributed by atoms with Crippen molar-refractivity contribution in [2.45, 2.75) is 5.92 Å². The van der Waals surface area contributed by atoms with Gasteiger partial charge in [0.1, 0.15) is 27.9 Å². The van der Waals surface area contributed by atoms with E-state index in [1.165, 1.54) is 6.07 Å². The lowest BCUT2D eigenvalue weighted by Crippen LogP contribution is -2.26. The Balaban J connectivity index is 2.05. The molecule has 1 aromatic carbocycles. The molecule has 3 heterocycles. The zero-order valence-electron chi connectivity index (χ0n) is 13.0. The second-order valence-electron chi connectivity index (χ2n) is 5.49. The summed E-state index contributed by atoms with van der Waals surface area (Å²) in [5.74, 6) is -1.65. The summed E-state index contributed by atoms with van der Waals surface area (Å²) in [7, 11) is 0. The van der Waals surface area contributed by atoms with Gasteiger partial charge in [0.25, 0.3) is 0 Å². The first-order valence-corrected chi connectivity index (χ1v) is 7.38. The van der Waals surface area contributed by atoms with Crippen molar-refractivity contribution in [3.8, 4) is 11.8 Å². The van der Waals surface area contributed by atoms with Gasteiger partial charge in [-0.3, -0.25) is 10.1 Å². The molecule has 0 saturated heterocycles. The van der Waals surface area contributed by atoms with Gasteiger partial charge in [0.2, 0.25) is 5.88 Å². The summed E-state index contributed by atoms with van der Waals surface area (Å²) in [5.41, 5.74) is 5.31. The number of ether oxygens (including phenoxy) is 1. The van der Waals surface area contributed by atoms with E-state index < -0.39 is 22.4 Å². The molecule has 1 aliphatic heterocycles. The number of hydrogen-bond acceptors (Lipinski definition) is 8. The van der Waals surface area contributed by atoms with Gasteiger partial charge in [0.15, 0.2) is 5.75 Å². The number of furan rings is 1. The Bertz CT molecular complexity index is 1200. The van der Waals surface area contributed by atoms with Gasteiger partial charge in [0, 0.05) is 0 Å². The molecule has 0 bridgehead atoms. The molecule has 26 heavy (non-hydrogen) atoms. The van der Waals surface area contributed by atoms with Crippen LogP contribution in [0.25, 0.3) is 11.0 Å². The van der Waals surface area contributed by atoms with Crippen molar-refractivity contribution in [2.24, 2.45) is 5.73 Å². The molecule has 1 atom stereocenters. The van der Waals surface area contributed by atoms with Crippen molar-refractivity contribution >= 4 is 16.9 Å². The zero-order chi connectivity index (χ0) is 18.4. The van der Waals surface area contributed by atoms with E-state index in [0.717, 1.165) is 6.07 Å². The van der Waals surface area contributed by atoms with E-state index in [1.807, 2.05) is 6.07 Å². The Morgan fingerprint density at radius 2 is 1.96 bits per heavy atom. The molecule has 2 N–H and O–H groups in total. The molecule has 0 unspecified atom stereocenters. The van der Waals surface area contributed by atoms with E-state index in [-0.39, 0.29) is 34.1 Å². The maximum atomic E-state index is 12.6. The van der Waals surface area contributed by atoms with Gasteiger partial charge in [-0.2, -0.15) is 5.26 Å². The van der Waals surface area contributed by atoms with Gasteiger partial charge in [-0.05, 0) is 18.2 Å². The average molecular weight is 351 g/mol. The molecule has 3 aromatic rings. The van der Waals surface area contributed by atoms with Crippen LogP contribution in [0.4, 0.5) is 5.88 Å². The lowest BCUT2D eigenvalue weighted by atomic mass is 9.87. The normalized spacial score (nSPS) is 16.0. The SMILES string of the molecule is N#CC1=C(N)Oc2c(c(=O)oc3ccccc23)[C@@H]1c1ccc([N+](=O)[O-])o1. The monoisotopic (exact) mass is 351 g/mol. The Kier molecular flexibility index (Phi) is 3.27. The number of nitrogens with zero attached hydrogens (tertiary/aromatic N) is 2. The lowest BCUT2D eigenvalue weighted by molar-refractivity contribution is -0.402. The van der Waals surface area contributed by atoms with Gasteiger partial charge in [0.05, 0.1) is 22.9 Å². The van der Waals surface area contributed by atoms with Crippen molar-refractivity contribution in [2.75, 3.05) is 0 Å². The number of allylic oxidation sites excluding steroid dienone is 1. The number of nitro groups is 1. The highest BCUT2D eigenvalue weighted by Crippen LogP contribution is 2.44. The standard InChI is InChI=1S/C17H9N3O6/c18-7-9-13(11-5-6-12(24-11)20(22)23)14-15(26-16(9)19)8-3-1-2-4-10(8)25-17(14)21/h1-6,13H,19H2/t13-/m0/s1. The van der Waals surface area contributed by atoms with E-state index in [0.29, 0.717) is 5.39 Å². The maximum Gasteiger partial charge on any atom is 0.433 e. The number of fused-ring (bicyclic) bond motifs is 3. The number of para-hydroxylation sites is 1. The predicted octanol–water partition coefficient (Wildman–Crippen LogP) is 2.51. The van der Waals surface area contributed by atoms with Crippen LogP contribution in [0.2, 0.25) is 0 Å². The number of rotatable bonds is 2. The van der Waals surface area contributed by atoms with E-state index in [9.17, 15) is 20.2 Å². The third-order valence-corrected chi connectivity index (χ3v) is 4.05. The molecule has 9 heteroatoms. The summed E-state index contributed by atoms with van der Waals surface area (Å²) in [4.78, 5) is 22.8. The molecule has 9 nitrogen and oxygen atoms in total. The molecular weight excluding hydrogens is 342 g/mol. The van der Waals surface area contributed by atoms with Crippen LogP contribution in [0.15, 0.2) is 61.5 Å². The molecule has 0 radical (unpaired) electrons. The largest absolute Gasteiger partial charge is 0.439 e. The van der Waals surface area contributed by atoms with Crippen LogP contribution >= 0.6 is 0 Å². The first-order valence-electron chi connectivity index (χ1n) is 7.38. The molecule has 128 valence electrons. The first kappa shape index (κ1) is 15.5. The van der Waals surface area contributed by atoms with Crippen molar-refractivity contribution < 1.29 is 18.5 Å². The number of nitrogens with two attached hydrogens (primary N) is 1. The second-order valence-corrected chi connectivity index (χ2v) is 5.49. The van der Waals surface area contributed by atoms with Gasteiger partial charge < -0.3 is 19.3 Å². The quantitative estimate of drug-likeness (QED) is 0.421. The number of nitriles is 1. The van der Waals surface area contributed by atoms with E-state index >= 15 is 0 Å². The van der Waals surface area contributed by atoms with E-state index in [2.05, 4.69) is 0 Å². The minimum atomic E-state index is -1.07. The Morgan fingerprint density at radius 1 is 1.19 bits per heavy atom. The summed E-state index contributed by atoms with van der Waals surface area (Å²) in [6, 6.07) is 11.0. The number of benzene rings is 1. The van der Waals surface area contributed by atoms with Crippen LogP contribution in [0.3, 0.4) is 0 Å². The van der Waals surface area contributed by atoms with Gasteiger partial charge in [-0.1, -0.05) is 12.1 Å². The maximum absolute atomic E-state index is 12.6. The second kappa shape index (κ2) is 5.49. The molecule has 4 rings (SSSR count). The van der Waals surface area contributed by atoms with Gasteiger partial charge >= 0.3 is 11.5 Å². The van der Waals surface area contributed by atoms with E-state index in [1.54, 1.807) is 24.3 Å². The Labute approximate surface area is 144 Å². The van der Waals surface area contributed by atoms with Gasteiger partial charge in [-0.15, -0.1) is 0 Å². The Morgan fingerprint density at radius 3 is 2.65 bits per heavy atom. The van der Waals surface area contributed by atoms with Crippen molar-refractivity contribution in [1.29, 1.82) is 5.26 Å². The summed E-state index contributed by atoms with van der Waals surface area (Å²) in [6.07, 6.45) is 0.